The molecule has 0 spiro atoms. The van der Waals surface area contributed by atoms with Crippen molar-refractivity contribution in [3.8, 4) is 0 Å². The van der Waals surface area contributed by atoms with E-state index in [0.717, 1.165) is 0 Å². The molecule has 1 aliphatic rings. The normalized spacial score (nSPS) is 19.3. The summed E-state index contributed by atoms with van der Waals surface area (Å²) in [6.45, 7) is 6.48. The summed E-state index contributed by atoms with van der Waals surface area (Å²) in [4.78, 5) is 2.37. The van der Waals surface area contributed by atoms with Crippen molar-refractivity contribution >= 4 is 10.0 Å². The molecular formula is C15H23FN2O3S. The number of hydrogen-bond donors (Lipinski definition) is 0. The topological polar surface area (TPSA) is 49.9 Å². The van der Waals surface area contributed by atoms with Crippen molar-refractivity contribution in [1.29, 1.82) is 0 Å². The van der Waals surface area contributed by atoms with Gasteiger partial charge in [-0.2, -0.15) is 4.31 Å². The van der Waals surface area contributed by atoms with Gasteiger partial charge in [-0.3, -0.25) is 4.90 Å². The third-order valence-corrected chi connectivity index (χ3v) is 5.97. The molecule has 1 aromatic carbocycles. The summed E-state index contributed by atoms with van der Waals surface area (Å²) >= 11 is 0. The van der Waals surface area contributed by atoms with E-state index in [0.29, 0.717) is 38.3 Å². The van der Waals surface area contributed by atoms with E-state index in [9.17, 15) is 12.8 Å². The van der Waals surface area contributed by atoms with Crippen LogP contribution in [0.5, 0.6) is 0 Å². The van der Waals surface area contributed by atoms with Crippen LogP contribution in [0.3, 0.4) is 0 Å². The number of aryl methyl sites for hydroxylation is 1. The molecule has 0 aromatic heterocycles. The number of halogens is 1. The van der Waals surface area contributed by atoms with Crippen LogP contribution in [0.2, 0.25) is 0 Å². The summed E-state index contributed by atoms with van der Waals surface area (Å²) in [6.07, 6.45) is 0. The number of piperazine rings is 1. The predicted molar refractivity (Wildman–Crippen MR) is 82.8 cm³/mol. The lowest BCUT2D eigenvalue weighted by atomic mass is 10.2. The van der Waals surface area contributed by atoms with E-state index in [1.165, 1.54) is 22.5 Å². The largest absolute Gasteiger partial charge is 0.383 e. The molecule has 7 heteroatoms. The van der Waals surface area contributed by atoms with Crippen LogP contribution in [0, 0.1) is 12.7 Å². The maximum Gasteiger partial charge on any atom is 0.243 e. The molecule has 5 nitrogen and oxygen atoms in total. The highest BCUT2D eigenvalue weighted by Crippen LogP contribution is 2.20. The lowest BCUT2D eigenvalue weighted by Gasteiger charge is -2.37. The van der Waals surface area contributed by atoms with Crippen molar-refractivity contribution in [2.45, 2.75) is 24.8 Å². The molecule has 1 aliphatic heterocycles. The number of methoxy groups -OCH3 is 1. The molecule has 0 aliphatic carbocycles. The number of benzene rings is 1. The highest BCUT2D eigenvalue weighted by Gasteiger charge is 2.30. The van der Waals surface area contributed by atoms with Crippen LogP contribution >= 0.6 is 0 Å². The summed E-state index contributed by atoms with van der Waals surface area (Å²) in [5, 5.41) is 0. The number of ether oxygens (including phenoxy) is 1. The molecule has 1 unspecified atom stereocenters. The zero-order valence-electron chi connectivity index (χ0n) is 13.3. The Morgan fingerprint density at radius 3 is 2.45 bits per heavy atom. The molecule has 1 fully saturated rings. The monoisotopic (exact) mass is 330 g/mol. The smallest absolute Gasteiger partial charge is 0.243 e. The van der Waals surface area contributed by atoms with E-state index in [1.54, 1.807) is 14.0 Å². The van der Waals surface area contributed by atoms with E-state index >= 15 is 0 Å². The SMILES string of the molecule is COCC(C)N1CCN(S(=O)(=O)c2ccc(F)c(C)c2)CC1. The highest BCUT2D eigenvalue weighted by atomic mass is 32.2. The number of nitrogens with zero attached hydrogens (tertiary/aromatic N) is 2. The molecule has 0 amide bonds. The van der Waals surface area contributed by atoms with Gasteiger partial charge in [-0.1, -0.05) is 0 Å². The Labute approximate surface area is 131 Å². The molecule has 1 saturated heterocycles. The van der Waals surface area contributed by atoms with Gasteiger partial charge in [-0.05, 0) is 37.6 Å². The van der Waals surface area contributed by atoms with Gasteiger partial charge in [-0.25, -0.2) is 12.8 Å². The van der Waals surface area contributed by atoms with Gasteiger partial charge >= 0.3 is 0 Å². The van der Waals surface area contributed by atoms with Crippen LogP contribution in [0.1, 0.15) is 12.5 Å². The predicted octanol–water partition coefficient (Wildman–Crippen LogP) is 1.48. The second kappa shape index (κ2) is 7.04. The summed E-state index contributed by atoms with van der Waals surface area (Å²) in [5.74, 6) is -0.392. The van der Waals surface area contributed by atoms with Crippen LogP contribution in [0.25, 0.3) is 0 Å². The maximum absolute atomic E-state index is 13.3. The van der Waals surface area contributed by atoms with Crippen molar-refractivity contribution in [3.63, 3.8) is 0 Å². The minimum absolute atomic E-state index is 0.157. The molecule has 0 bridgehead atoms. The van der Waals surface area contributed by atoms with Gasteiger partial charge in [-0.15, -0.1) is 0 Å². The Morgan fingerprint density at radius 2 is 1.91 bits per heavy atom. The van der Waals surface area contributed by atoms with Gasteiger partial charge in [0.05, 0.1) is 11.5 Å². The van der Waals surface area contributed by atoms with Gasteiger partial charge in [0.25, 0.3) is 0 Å². The first kappa shape index (κ1) is 17.3. The van der Waals surface area contributed by atoms with Crippen LogP contribution in [-0.2, 0) is 14.8 Å². The average Bonchev–Trinajstić information content (AvgIpc) is 2.50. The first-order chi connectivity index (χ1) is 10.4. The minimum atomic E-state index is -3.55. The van der Waals surface area contributed by atoms with E-state index in [1.807, 2.05) is 0 Å². The Hall–Kier alpha value is -1.02. The number of rotatable bonds is 5. The third kappa shape index (κ3) is 3.65. The molecular weight excluding hydrogens is 307 g/mol. The molecule has 0 saturated carbocycles. The van der Waals surface area contributed by atoms with Gasteiger partial charge in [0.2, 0.25) is 10.0 Å². The van der Waals surface area contributed by atoms with Crippen LogP contribution in [0.15, 0.2) is 23.1 Å². The summed E-state index contributed by atoms with van der Waals surface area (Å²) < 4.78 is 45.1. The highest BCUT2D eigenvalue weighted by molar-refractivity contribution is 7.89. The number of sulfonamides is 1. The van der Waals surface area contributed by atoms with Gasteiger partial charge in [0.15, 0.2) is 0 Å². The molecule has 1 heterocycles. The second-order valence-corrected chi connectivity index (χ2v) is 7.59. The fourth-order valence-electron chi connectivity index (χ4n) is 2.66. The van der Waals surface area contributed by atoms with Gasteiger partial charge < -0.3 is 4.74 Å². The quantitative estimate of drug-likeness (QED) is 0.820. The average molecular weight is 330 g/mol. The Kier molecular flexibility index (Phi) is 5.55. The zero-order valence-corrected chi connectivity index (χ0v) is 14.1. The van der Waals surface area contributed by atoms with Gasteiger partial charge in [0.1, 0.15) is 5.82 Å². The van der Waals surface area contributed by atoms with E-state index in [-0.39, 0.29) is 10.9 Å². The van der Waals surface area contributed by atoms with Crippen molar-refractivity contribution in [2.75, 3.05) is 39.9 Å². The molecule has 0 radical (unpaired) electrons. The lowest BCUT2D eigenvalue weighted by Crippen LogP contribution is -2.52. The summed E-state index contributed by atoms with van der Waals surface area (Å²) in [5.41, 5.74) is 0.341. The van der Waals surface area contributed by atoms with Crippen molar-refractivity contribution in [2.24, 2.45) is 0 Å². The Balaban J connectivity index is 2.07. The fourth-order valence-corrected chi connectivity index (χ4v) is 4.17. The van der Waals surface area contributed by atoms with Crippen LogP contribution in [-0.4, -0.2) is 63.6 Å². The standard InChI is InChI=1S/C15H23FN2O3S/c1-12-10-14(4-5-15(12)16)22(19,20)18-8-6-17(7-9-18)13(2)11-21-3/h4-5,10,13H,6-9,11H2,1-3H3. The summed E-state index contributed by atoms with van der Waals surface area (Å²) in [7, 11) is -1.89. The van der Waals surface area contributed by atoms with Crippen molar-refractivity contribution in [3.05, 3.63) is 29.6 Å². The molecule has 2 rings (SSSR count). The molecule has 1 aromatic rings. The molecule has 1 atom stereocenters. The first-order valence-electron chi connectivity index (χ1n) is 7.35. The Morgan fingerprint density at radius 1 is 1.27 bits per heavy atom. The van der Waals surface area contributed by atoms with Gasteiger partial charge in [0, 0.05) is 39.3 Å². The van der Waals surface area contributed by atoms with E-state index in [2.05, 4.69) is 11.8 Å². The van der Waals surface area contributed by atoms with Crippen LogP contribution in [0.4, 0.5) is 4.39 Å². The fraction of sp³-hybridized carbons (Fsp3) is 0.600. The lowest BCUT2D eigenvalue weighted by molar-refractivity contribution is 0.0766. The molecule has 0 N–H and O–H groups in total. The minimum Gasteiger partial charge on any atom is -0.383 e. The summed E-state index contributed by atoms with van der Waals surface area (Å²) in [6, 6.07) is 4.20. The van der Waals surface area contributed by atoms with Crippen molar-refractivity contribution in [1.82, 2.24) is 9.21 Å². The molecule has 124 valence electrons. The van der Waals surface area contributed by atoms with Crippen LogP contribution < -0.4 is 0 Å². The maximum atomic E-state index is 13.3. The third-order valence-electron chi connectivity index (χ3n) is 4.07. The first-order valence-corrected chi connectivity index (χ1v) is 8.79. The van der Waals surface area contributed by atoms with Crippen molar-refractivity contribution < 1.29 is 17.5 Å². The van der Waals surface area contributed by atoms with E-state index < -0.39 is 15.8 Å². The zero-order chi connectivity index (χ0) is 16.3. The Bertz CT molecular complexity index is 613. The number of hydrogen-bond acceptors (Lipinski definition) is 4. The van der Waals surface area contributed by atoms with E-state index in [4.69, 9.17) is 4.74 Å². The molecule has 22 heavy (non-hydrogen) atoms. The second-order valence-electron chi connectivity index (χ2n) is 5.66.